The zero-order valence-corrected chi connectivity index (χ0v) is 11.7. The Morgan fingerprint density at radius 1 is 1.24 bits per heavy atom. The Morgan fingerprint density at radius 2 is 1.76 bits per heavy atom. The first-order valence-corrected chi connectivity index (χ1v) is 8.51. The summed E-state index contributed by atoms with van der Waals surface area (Å²) in [5, 5.41) is -0.949. The minimum Gasteiger partial charge on any atom is -0.469 e. The molecular weight excluding hydrogens is 270 g/mol. The summed E-state index contributed by atoms with van der Waals surface area (Å²) < 4.78 is 50.6. The van der Waals surface area contributed by atoms with Crippen LogP contribution in [-0.4, -0.2) is 58.7 Å². The molecule has 0 aliphatic rings. The number of hydrogen-bond acceptors (Lipinski definition) is 6. The van der Waals surface area contributed by atoms with E-state index in [1.54, 1.807) is 6.92 Å². The van der Waals surface area contributed by atoms with Gasteiger partial charge in [0.05, 0.1) is 13.5 Å². The number of esters is 1. The van der Waals surface area contributed by atoms with Gasteiger partial charge >= 0.3 is 5.97 Å². The van der Waals surface area contributed by atoms with Gasteiger partial charge in [0.15, 0.2) is 14.9 Å². The predicted octanol–water partition coefficient (Wildman–Crippen LogP) is -0.797. The van der Waals surface area contributed by atoms with E-state index >= 15 is 0 Å². The lowest BCUT2D eigenvalue weighted by Gasteiger charge is -2.19. The molecule has 0 heterocycles. The standard InChI is InChI=1S/C8H17NO6S2/c1-4-9(6-5-8(10)15-2)17(13,14)7-16(3,11)12/h4-7H2,1-3H3. The highest BCUT2D eigenvalue weighted by atomic mass is 32.3. The van der Waals surface area contributed by atoms with Crippen LogP contribution in [0.4, 0.5) is 0 Å². The molecule has 0 amide bonds. The van der Waals surface area contributed by atoms with Crippen molar-refractivity contribution in [3.63, 3.8) is 0 Å². The maximum atomic E-state index is 11.7. The van der Waals surface area contributed by atoms with Crippen molar-refractivity contribution >= 4 is 25.8 Å². The van der Waals surface area contributed by atoms with Crippen LogP contribution in [0, 0.1) is 0 Å². The second-order valence-electron chi connectivity index (χ2n) is 3.47. The highest BCUT2D eigenvalue weighted by Crippen LogP contribution is 2.06. The van der Waals surface area contributed by atoms with Crippen LogP contribution in [0.1, 0.15) is 13.3 Å². The fourth-order valence-electron chi connectivity index (χ4n) is 1.16. The van der Waals surface area contributed by atoms with Crippen LogP contribution in [0.25, 0.3) is 0 Å². The molecule has 0 saturated heterocycles. The van der Waals surface area contributed by atoms with Crippen LogP contribution >= 0.6 is 0 Å². The molecule has 102 valence electrons. The Morgan fingerprint density at radius 3 is 2.12 bits per heavy atom. The highest BCUT2D eigenvalue weighted by Gasteiger charge is 2.25. The number of sulfonamides is 1. The maximum Gasteiger partial charge on any atom is 0.306 e. The fourth-order valence-corrected chi connectivity index (χ4v) is 4.68. The van der Waals surface area contributed by atoms with Crippen LogP contribution < -0.4 is 0 Å². The van der Waals surface area contributed by atoms with E-state index in [1.165, 1.54) is 7.11 Å². The van der Waals surface area contributed by atoms with Gasteiger partial charge in [0, 0.05) is 19.3 Å². The summed E-state index contributed by atoms with van der Waals surface area (Å²) in [7, 11) is -6.33. The van der Waals surface area contributed by atoms with Gasteiger partial charge in [-0.05, 0) is 0 Å². The van der Waals surface area contributed by atoms with E-state index in [1.807, 2.05) is 0 Å². The lowest BCUT2D eigenvalue weighted by atomic mass is 10.4. The summed E-state index contributed by atoms with van der Waals surface area (Å²) in [4.78, 5) is 10.9. The van der Waals surface area contributed by atoms with Crippen molar-refractivity contribution in [2.45, 2.75) is 13.3 Å². The molecule has 0 aromatic rings. The summed E-state index contributed by atoms with van der Waals surface area (Å²) >= 11 is 0. The number of methoxy groups -OCH3 is 1. The summed E-state index contributed by atoms with van der Waals surface area (Å²) in [5.74, 6) is -0.544. The zero-order valence-electron chi connectivity index (χ0n) is 10.0. The van der Waals surface area contributed by atoms with Gasteiger partial charge in [-0.25, -0.2) is 21.1 Å². The van der Waals surface area contributed by atoms with Crippen molar-refractivity contribution in [3.8, 4) is 0 Å². The summed E-state index contributed by atoms with van der Waals surface area (Å²) in [6.07, 6.45) is 0.742. The molecule has 0 aromatic heterocycles. The summed E-state index contributed by atoms with van der Waals surface area (Å²) in [6, 6.07) is 0. The number of carbonyl (C=O) groups excluding carboxylic acids is 1. The van der Waals surface area contributed by atoms with Gasteiger partial charge < -0.3 is 4.74 Å². The third kappa shape index (κ3) is 6.59. The Kier molecular flexibility index (Phi) is 6.06. The molecule has 17 heavy (non-hydrogen) atoms. The van der Waals surface area contributed by atoms with Crippen LogP contribution in [0.3, 0.4) is 0 Å². The molecule has 9 heteroatoms. The van der Waals surface area contributed by atoms with Gasteiger partial charge in [-0.1, -0.05) is 6.92 Å². The van der Waals surface area contributed by atoms with E-state index in [9.17, 15) is 21.6 Å². The van der Waals surface area contributed by atoms with Gasteiger partial charge in [-0.15, -0.1) is 0 Å². The second-order valence-corrected chi connectivity index (χ2v) is 7.95. The first-order chi connectivity index (χ1) is 7.62. The molecule has 0 unspecified atom stereocenters. The molecule has 0 saturated carbocycles. The van der Waals surface area contributed by atoms with Gasteiger partial charge in [-0.3, -0.25) is 4.79 Å². The summed E-state index contributed by atoms with van der Waals surface area (Å²) in [5.41, 5.74) is 0. The van der Waals surface area contributed by atoms with Gasteiger partial charge in [0.1, 0.15) is 0 Å². The number of sulfone groups is 1. The lowest BCUT2D eigenvalue weighted by Crippen LogP contribution is -2.36. The molecular formula is C8H17NO6S2. The second kappa shape index (κ2) is 6.31. The Labute approximate surface area is 102 Å². The third-order valence-corrected chi connectivity index (χ3v) is 6.03. The van der Waals surface area contributed by atoms with Crippen LogP contribution in [0.5, 0.6) is 0 Å². The van der Waals surface area contributed by atoms with E-state index in [0.29, 0.717) is 0 Å². The summed E-state index contributed by atoms with van der Waals surface area (Å²) in [6.45, 7) is 1.59. The van der Waals surface area contributed by atoms with Crippen LogP contribution in [0.15, 0.2) is 0 Å². The monoisotopic (exact) mass is 287 g/mol. The van der Waals surface area contributed by atoms with Crippen molar-refractivity contribution in [2.75, 3.05) is 31.5 Å². The molecule has 0 aliphatic carbocycles. The molecule has 0 aromatic carbocycles. The normalized spacial score (nSPS) is 12.7. The van der Waals surface area contributed by atoms with Crippen molar-refractivity contribution in [3.05, 3.63) is 0 Å². The average Bonchev–Trinajstić information content (AvgIpc) is 2.14. The zero-order chi connectivity index (χ0) is 13.7. The highest BCUT2D eigenvalue weighted by molar-refractivity contribution is 8.06. The minimum absolute atomic E-state index is 0.0823. The molecule has 0 atom stereocenters. The number of nitrogens with zero attached hydrogens (tertiary/aromatic N) is 1. The molecule has 0 radical (unpaired) electrons. The Bertz CT molecular complexity index is 452. The van der Waals surface area contributed by atoms with Crippen molar-refractivity contribution in [1.82, 2.24) is 4.31 Å². The first-order valence-electron chi connectivity index (χ1n) is 4.84. The molecule has 7 nitrogen and oxygen atoms in total. The smallest absolute Gasteiger partial charge is 0.306 e. The number of hydrogen-bond donors (Lipinski definition) is 0. The van der Waals surface area contributed by atoms with E-state index in [4.69, 9.17) is 0 Å². The SMILES string of the molecule is CCN(CCC(=O)OC)S(=O)(=O)CS(C)(=O)=O. The third-order valence-electron chi connectivity index (χ3n) is 1.90. The van der Waals surface area contributed by atoms with Crippen molar-refractivity contribution in [2.24, 2.45) is 0 Å². The number of ether oxygens (including phenoxy) is 1. The largest absolute Gasteiger partial charge is 0.469 e. The van der Waals surface area contributed by atoms with Gasteiger partial charge in [0.25, 0.3) is 0 Å². The quantitative estimate of drug-likeness (QED) is 0.569. The predicted molar refractivity (Wildman–Crippen MR) is 62.5 cm³/mol. The van der Waals surface area contributed by atoms with E-state index < -0.39 is 30.9 Å². The van der Waals surface area contributed by atoms with E-state index in [0.717, 1.165) is 10.6 Å². The van der Waals surface area contributed by atoms with E-state index in [-0.39, 0.29) is 19.5 Å². The lowest BCUT2D eigenvalue weighted by molar-refractivity contribution is -0.140. The first kappa shape index (κ1) is 16.3. The van der Waals surface area contributed by atoms with E-state index in [2.05, 4.69) is 4.74 Å². The van der Waals surface area contributed by atoms with Gasteiger partial charge in [0.2, 0.25) is 10.0 Å². The Hall–Kier alpha value is -0.670. The molecule has 0 N–H and O–H groups in total. The fraction of sp³-hybridized carbons (Fsp3) is 0.875. The van der Waals surface area contributed by atoms with Crippen LogP contribution in [-0.2, 0) is 29.4 Å². The van der Waals surface area contributed by atoms with Crippen LogP contribution in [0.2, 0.25) is 0 Å². The van der Waals surface area contributed by atoms with Crippen molar-refractivity contribution in [1.29, 1.82) is 0 Å². The molecule has 0 aliphatic heterocycles. The average molecular weight is 287 g/mol. The van der Waals surface area contributed by atoms with Crippen molar-refractivity contribution < 1.29 is 26.4 Å². The molecule has 0 rings (SSSR count). The Balaban J connectivity index is 4.71. The van der Waals surface area contributed by atoms with Gasteiger partial charge in [-0.2, -0.15) is 0 Å². The minimum atomic E-state index is -3.90. The number of rotatable bonds is 7. The molecule has 0 fully saturated rings. The molecule has 0 spiro atoms. The number of carbonyl (C=O) groups is 1. The topological polar surface area (TPSA) is 97.8 Å². The molecule has 0 bridgehead atoms. The maximum absolute atomic E-state index is 11.7.